The van der Waals surface area contributed by atoms with Crippen LogP contribution in [0.4, 0.5) is 13.2 Å². The molecule has 1 unspecified atom stereocenters. The van der Waals surface area contributed by atoms with E-state index in [0.717, 1.165) is 18.4 Å². The van der Waals surface area contributed by atoms with E-state index >= 15 is 0 Å². The lowest BCUT2D eigenvalue weighted by Gasteiger charge is -2.26. The van der Waals surface area contributed by atoms with Crippen LogP contribution in [0.1, 0.15) is 24.4 Å². The Balaban J connectivity index is 1.96. The van der Waals surface area contributed by atoms with Gasteiger partial charge in [0.1, 0.15) is 0 Å². The molecular formula is C13H17F3N2. The summed E-state index contributed by atoms with van der Waals surface area (Å²) in [6, 6.07) is 8.95. The molecule has 5 heteroatoms. The molecule has 100 valence electrons. The van der Waals surface area contributed by atoms with Crippen LogP contribution < -0.4 is 5.73 Å². The third kappa shape index (κ3) is 3.99. The molecule has 0 saturated heterocycles. The van der Waals surface area contributed by atoms with E-state index in [9.17, 15) is 13.2 Å². The van der Waals surface area contributed by atoms with E-state index in [-0.39, 0.29) is 18.6 Å². The summed E-state index contributed by atoms with van der Waals surface area (Å²) in [5.41, 5.74) is 6.85. The van der Waals surface area contributed by atoms with Gasteiger partial charge in [0.2, 0.25) is 0 Å². The van der Waals surface area contributed by atoms with E-state index < -0.39 is 12.7 Å². The second-order valence-corrected chi connectivity index (χ2v) is 4.79. The van der Waals surface area contributed by atoms with Crippen LogP contribution in [0.5, 0.6) is 0 Å². The van der Waals surface area contributed by atoms with Gasteiger partial charge in [0, 0.05) is 18.6 Å². The van der Waals surface area contributed by atoms with Crippen LogP contribution >= 0.6 is 0 Å². The van der Waals surface area contributed by atoms with Crippen molar-refractivity contribution in [3.8, 4) is 0 Å². The lowest BCUT2D eigenvalue weighted by atomic mass is 10.1. The third-order valence-electron chi connectivity index (χ3n) is 3.10. The minimum Gasteiger partial charge on any atom is -0.323 e. The smallest absolute Gasteiger partial charge is 0.323 e. The van der Waals surface area contributed by atoms with Crippen LogP contribution in [0.2, 0.25) is 0 Å². The molecule has 0 spiro atoms. The van der Waals surface area contributed by atoms with Gasteiger partial charge in [0.25, 0.3) is 0 Å². The zero-order chi connectivity index (χ0) is 13.2. The van der Waals surface area contributed by atoms with Gasteiger partial charge in [-0.05, 0) is 18.4 Å². The number of benzene rings is 1. The van der Waals surface area contributed by atoms with E-state index in [2.05, 4.69) is 0 Å². The average Bonchev–Trinajstić information content (AvgIpc) is 3.11. The van der Waals surface area contributed by atoms with Gasteiger partial charge in [-0.15, -0.1) is 0 Å². The molecule has 0 bridgehead atoms. The number of hydrogen-bond acceptors (Lipinski definition) is 2. The predicted octanol–water partition coefficient (Wildman–Crippen LogP) is 2.71. The first-order chi connectivity index (χ1) is 8.46. The fourth-order valence-corrected chi connectivity index (χ4v) is 2.07. The van der Waals surface area contributed by atoms with Gasteiger partial charge in [0.15, 0.2) is 0 Å². The summed E-state index contributed by atoms with van der Waals surface area (Å²) in [5, 5.41) is 0. The highest BCUT2D eigenvalue weighted by molar-refractivity contribution is 5.18. The molecule has 2 rings (SSSR count). The first kappa shape index (κ1) is 13.4. The van der Waals surface area contributed by atoms with E-state index in [4.69, 9.17) is 5.73 Å². The Labute approximate surface area is 105 Å². The fourth-order valence-electron chi connectivity index (χ4n) is 2.07. The molecule has 1 saturated carbocycles. The highest BCUT2D eigenvalue weighted by Gasteiger charge is 2.38. The van der Waals surface area contributed by atoms with Crippen molar-refractivity contribution >= 4 is 0 Å². The van der Waals surface area contributed by atoms with Crippen LogP contribution in [0.25, 0.3) is 0 Å². The maximum absolute atomic E-state index is 12.5. The molecule has 2 nitrogen and oxygen atoms in total. The number of hydrogen-bond donors (Lipinski definition) is 1. The maximum Gasteiger partial charge on any atom is 0.401 e. The number of nitrogens with zero attached hydrogens (tertiary/aromatic N) is 1. The first-order valence-electron chi connectivity index (χ1n) is 6.07. The summed E-state index contributed by atoms with van der Waals surface area (Å²) >= 11 is 0. The van der Waals surface area contributed by atoms with Crippen molar-refractivity contribution in [2.24, 2.45) is 5.73 Å². The molecule has 1 aliphatic rings. The van der Waals surface area contributed by atoms with Crippen LogP contribution in [-0.2, 0) is 0 Å². The first-order valence-corrected chi connectivity index (χ1v) is 6.07. The van der Waals surface area contributed by atoms with Crippen LogP contribution in [0, 0.1) is 0 Å². The summed E-state index contributed by atoms with van der Waals surface area (Å²) in [4.78, 5) is 1.46. The fraction of sp³-hybridized carbons (Fsp3) is 0.538. The molecule has 1 aromatic rings. The predicted molar refractivity (Wildman–Crippen MR) is 64.0 cm³/mol. The third-order valence-corrected chi connectivity index (χ3v) is 3.10. The molecule has 0 amide bonds. The van der Waals surface area contributed by atoms with Gasteiger partial charge < -0.3 is 5.73 Å². The van der Waals surface area contributed by atoms with E-state index in [1.807, 2.05) is 30.3 Å². The van der Waals surface area contributed by atoms with Crippen molar-refractivity contribution in [2.75, 3.05) is 13.1 Å². The molecule has 0 heterocycles. The Morgan fingerprint density at radius 2 is 1.83 bits per heavy atom. The van der Waals surface area contributed by atoms with E-state index in [0.29, 0.717) is 0 Å². The summed E-state index contributed by atoms with van der Waals surface area (Å²) in [7, 11) is 0. The summed E-state index contributed by atoms with van der Waals surface area (Å²) < 4.78 is 37.4. The minimum absolute atomic E-state index is 0.0568. The lowest BCUT2D eigenvalue weighted by molar-refractivity contribution is -0.147. The largest absolute Gasteiger partial charge is 0.401 e. The zero-order valence-corrected chi connectivity index (χ0v) is 10.0. The maximum atomic E-state index is 12.5. The van der Waals surface area contributed by atoms with Gasteiger partial charge in [-0.3, -0.25) is 4.90 Å². The molecule has 0 aromatic heterocycles. The number of rotatable bonds is 5. The van der Waals surface area contributed by atoms with Crippen molar-refractivity contribution in [3.63, 3.8) is 0 Å². The normalized spacial score (nSPS) is 18.1. The van der Waals surface area contributed by atoms with Gasteiger partial charge in [-0.25, -0.2) is 0 Å². The van der Waals surface area contributed by atoms with Crippen molar-refractivity contribution in [3.05, 3.63) is 35.9 Å². The zero-order valence-electron chi connectivity index (χ0n) is 10.0. The Kier molecular flexibility index (Phi) is 3.92. The van der Waals surface area contributed by atoms with Gasteiger partial charge >= 0.3 is 6.18 Å². The number of nitrogens with two attached hydrogens (primary N) is 1. The van der Waals surface area contributed by atoms with E-state index in [1.165, 1.54) is 4.90 Å². The Bertz CT molecular complexity index is 374. The van der Waals surface area contributed by atoms with Crippen LogP contribution in [0.3, 0.4) is 0 Å². The quantitative estimate of drug-likeness (QED) is 0.880. The summed E-state index contributed by atoms with van der Waals surface area (Å²) in [6.45, 7) is -0.605. The molecule has 0 aliphatic heterocycles. The second-order valence-electron chi connectivity index (χ2n) is 4.79. The standard InChI is InChI=1S/C13H17F3N2/c14-13(15,16)9-18(11-6-7-11)8-12(17)10-4-2-1-3-5-10/h1-5,11-12H,6-9,17H2. The molecule has 0 radical (unpaired) electrons. The Morgan fingerprint density at radius 3 is 2.33 bits per heavy atom. The van der Waals surface area contributed by atoms with Gasteiger partial charge in [0.05, 0.1) is 6.54 Å². The topological polar surface area (TPSA) is 29.3 Å². The van der Waals surface area contributed by atoms with Crippen LogP contribution in [0.15, 0.2) is 30.3 Å². The Hall–Kier alpha value is -1.07. The average molecular weight is 258 g/mol. The number of alkyl halides is 3. The van der Waals surface area contributed by atoms with Gasteiger partial charge in [-0.1, -0.05) is 30.3 Å². The van der Waals surface area contributed by atoms with E-state index in [1.54, 1.807) is 0 Å². The second kappa shape index (κ2) is 5.28. The van der Waals surface area contributed by atoms with Crippen molar-refractivity contribution in [2.45, 2.75) is 31.1 Å². The highest BCUT2D eigenvalue weighted by atomic mass is 19.4. The Morgan fingerprint density at radius 1 is 1.22 bits per heavy atom. The SMILES string of the molecule is NC(CN(CC(F)(F)F)C1CC1)c1ccccc1. The number of halogens is 3. The molecule has 1 fully saturated rings. The molecule has 2 N–H and O–H groups in total. The van der Waals surface area contributed by atoms with Gasteiger partial charge in [-0.2, -0.15) is 13.2 Å². The van der Waals surface area contributed by atoms with Crippen molar-refractivity contribution in [1.29, 1.82) is 0 Å². The van der Waals surface area contributed by atoms with Crippen molar-refractivity contribution in [1.82, 2.24) is 4.90 Å². The molecule has 1 aliphatic carbocycles. The van der Waals surface area contributed by atoms with Crippen LogP contribution in [-0.4, -0.2) is 30.2 Å². The molecule has 18 heavy (non-hydrogen) atoms. The highest BCUT2D eigenvalue weighted by Crippen LogP contribution is 2.31. The molecule has 1 atom stereocenters. The monoisotopic (exact) mass is 258 g/mol. The minimum atomic E-state index is -4.15. The lowest BCUT2D eigenvalue weighted by Crippen LogP contribution is -2.40. The molecule has 1 aromatic carbocycles. The molecular weight excluding hydrogens is 241 g/mol. The summed E-state index contributed by atoms with van der Waals surface area (Å²) in [6.07, 6.45) is -2.46. The van der Waals surface area contributed by atoms with Crippen molar-refractivity contribution < 1.29 is 13.2 Å². The summed E-state index contributed by atoms with van der Waals surface area (Å²) in [5.74, 6) is 0.